The predicted molar refractivity (Wildman–Crippen MR) is 64.5 cm³/mol. The van der Waals surface area contributed by atoms with E-state index >= 15 is 0 Å². The number of methoxy groups -OCH3 is 1. The Morgan fingerprint density at radius 1 is 1.47 bits per heavy atom. The van der Waals surface area contributed by atoms with Gasteiger partial charge in [0.15, 0.2) is 11.5 Å². The number of halogens is 1. The number of hydrogen-bond donors (Lipinski definition) is 0. The van der Waals surface area contributed by atoms with Crippen molar-refractivity contribution in [1.82, 2.24) is 0 Å². The Hall–Kier alpha value is -0.960. The number of ether oxygens (including phenoxy) is 2. The number of fused-ring (bicyclic) bond motifs is 1. The van der Waals surface area contributed by atoms with E-state index in [4.69, 9.17) is 9.47 Å². The minimum atomic E-state index is 0.663. The molecule has 0 atom stereocenters. The standard InChI is InChI=1S/C12H13BrO2/c1-3-8-6-9-10(13)4-5-11(14-2)12(9)15-7-8/h4-6H,3,7H2,1-2H3. The van der Waals surface area contributed by atoms with Gasteiger partial charge in [-0.25, -0.2) is 0 Å². The van der Waals surface area contributed by atoms with E-state index in [1.54, 1.807) is 7.11 Å². The topological polar surface area (TPSA) is 18.5 Å². The van der Waals surface area contributed by atoms with Crippen LogP contribution >= 0.6 is 15.9 Å². The van der Waals surface area contributed by atoms with Gasteiger partial charge in [0.1, 0.15) is 6.61 Å². The number of hydrogen-bond acceptors (Lipinski definition) is 2. The fraction of sp³-hybridized carbons (Fsp3) is 0.333. The second-order valence-electron chi connectivity index (χ2n) is 3.44. The van der Waals surface area contributed by atoms with Gasteiger partial charge in [-0.3, -0.25) is 0 Å². The first-order chi connectivity index (χ1) is 7.26. The Balaban J connectivity index is 2.54. The molecule has 0 saturated heterocycles. The van der Waals surface area contributed by atoms with Gasteiger partial charge in [-0.2, -0.15) is 0 Å². The van der Waals surface area contributed by atoms with Gasteiger partial charge in [0.05, 0.1) is 7.11 Å². The van der Waals surface area contributed by atoms with Crippen molar-refractivity contribution in [3.8, 4) is 11.5 Å². The molecule has 3 heteroatoms. The van der Waals surface area contributed by atoms with Crippen LogP contribution in [0.3, 0.4) is 0 Å². The minimum absolute atomic E-state index is 0.663. The third-order valence-electron chi connectivity index (χ3n) is 2.53. The Labute approximate surface area is 98.0 Å². The molecule has 1 aromatic carbocycles. The maximum absolute atomic E-state index is 5.71. The largest absolute Gasteiger partial charge is 0.493 e. The van der Waals surface area contributed by atoms with E-state index < -0.39 is 0 Å². The van der Waals surface area contributed by atoms with E-state index in [1.807, 2.05) is 12.1 Å². The minimum Gasteiger partial charge on any atom is -0.493 e. The molecule has 15 heavy (non-hydrogen) atoms. The second kappa shape index (κ2) is 4.27. The summed E-state index contributed by atoms with van der Waals surface area (Å²) in [7, 11) is 1.66. The summed E-state index contributed by atoms with van der Waals surface area (Å²) in [6, 6.07) is 3.89. The Morgan fingerprint density at radius 3 is 2.93 bits per heavy atom. The van der Waals surface area contributed by atoms with Crippen molar-refractivity contribution in [2.24, 2.45) is 0 Å². The molecule has 0 spiro atoms. The summed E-state index contributed by atoms with van der Waals surface area (Å²) in [6.45, 7) is 2.80. The van der Waals surface area contributed by atoms with Gasteiger partial charge in [0.2, 0.25) is 0 Å². The van der Waals surface area contributed by atoms with Gasteiger partial charge in [0, 0.05) is 10.0 Å². The summed E-state index contributed by atoms with van der Waals surface area (Å²) >= 11 is 3.52. The van der Waals surface area contributed by atoms with Gasteiger partial charge < -0.3 is 9.47 Å². The van der Waals surface area contributed by atoms with Crippen LogP contribution in [-0.2, 0) is 0 Å². The molecular formula is C12H13BrO2. The highest BCUT2D eigenvalue weighted by Gasteiger charge is 2.17. The molecule has 0 saturated carbocycles. The Morgan fingerprint density at radius 2 is 2.27 bits per heavy atom. The number of benzene rings is 1. The Kier molecular flexibility index (Phi) is 3.00. The van der Waals surface area contributed by atoms with Crippen LogP contribution in [0.1, 0.15) is 18.9 Å². The molecule has 0 N–H and O–H groups in total. The molecule has 0 aliphatic carbocycles. The molecule has 0 unspecified atom stereocenters. The molecule has 80 valence electrons. The van der Waals surface area contributed by atoms with E-state index in [1.165, 1.54) is 5.57 Å². The van der Waals surface area contributed by atoms with Crippen molar-refractivity contribution in [1.29, 1.82) is 0 Å². The molecule has 2 rings (SSSR count). The van der Waals surface area contributed by atoms with Gasteiger partial charge in [-0.1, -0.05) is 22.9 Å². The molecule has 0 radical (unpaired) electrons. The van der Waals surface area contributed by atoms with Gasteiger partial charge in [0.25, 0.3) is 0 Å². The van der Waals surface area contributed by atoms with Crippen molar-refractivity contribution in [3.05, 3.63) is 27.7 Å². The summed E-state index contributed by atoms with van der Waals surface area (Å²) in [5.74, 6) is 1.63. The maximum Gasteiger partial charge on any atom is 0.169 e. The molecule has 1 aromatic rings. The average molecular weight is 269 g/mol. The van der Waals surface area contributed by atoms with Crippen molar-refractivity contribution in [2.45, 2.75) is 13.3 Å². The maximum atomic E-state index is 5.71. The lowest BCUT2D eigenvalue weighted by atomic mass is 10.1. The van der Waals surface area contributed by atoms with Crippen LogP contribution in [0.2, 0.25) is 0 Å². The molecule has 0 bridgehead atoms. The average Bonchev–Trinajstić information content (AvgIpc) is 2.29. The van der Waals surface area contributed by atoms with E-state index in [-0.39, 0.29) is 0 Å². The fourth-order valence-electron chi connectivity index (χ4n) is 1.61. The summed E-state index contributed by atoms with van der Waals surface area (Å²) in [6.07, 6.45) is 3.19. The monoisotopic (exact) mass is 268 g/mol. The summed E-state index contributed by atoms with van der Waals surface area (Å²) in [5.41, 5.74) is 2.38. The van der Waals surface area contributed by atoms with Crippen LogP contribution in [0.5, 0.6) is 11.5 Å². The lowest BCUT2D eigenvalue weighted by Crippen LogP contribution is -2.08. The van der Waals surface area contributed by atoms with Crippen molar-refractivity contribution in [2.75, 3.05) is 13.7 Å². The summed E-state index contributed by atoms with van der Waals surface area (Å²) < 4.78 is 12.0. The molecule has 0 aromatic heterocycles. The molecule has 2 nitrogen and oxygen atoms in total. The third-order valence-corrected chi connectivity index (χ3v) is 3.22. The first-order valence-corrected chi connectivity index (χ1v) is 5.74. The highest BCUT2D eigenvalue weighted by molar-refractivity contribution is 9.10. The molecule has 1 aliphatic rings. The van der Waals surface area contributed by atoms with Crippen LogP contribution in [0.4, 0.5) is 0 Å². The highest BCUT2D eigenvalue weighted by Crippen LogP contribution is 2.40. The van der Waals surface area contributed by atoms with E-state index in [0.29, 0.717) is 6.61 Å². The van der Waals surface area contributed by atoms with Crippen LogP contribution in [0.15, 0.2) is 22.2 Å². The number of rotatable bonds is 2. The summed E-state index contributed by atoms with van der Waals surface area (Å²) in [5, 5.41) is 0. The van der Waals surface area contributed by atoms with Gasteiger partial charge >= 0.3 is 0 Å². The van der Waals surface area contributed by atoms with Crippen LogP contribution in [0, 0.1) is 0 Å². The first kappa shape index (κ1) is 10.6. The van der Waals surface area contributed by atoms with Crippen molar-refractivity contribution < 1.29 is 9.47 Å². The zero-order valence-electron chi connectivity index (χ0n) is 8.84. The molecule has 1 heterocycles. The van der Waals surface area contributed by atoms with E-state index in [9.17, 15) is 0 Å². The predicted octanol–water partition coefficient (Wildman–Crippen LogP) is 3.64. The quantitative estimate of drug-likeness (QED) is 0.816. The molecule has 0 fully saturated rings. The molecular weight excluding hydrogens is 256 g/mol. The zero-order valence-corrected chi connectivity index (χ0v) is 10.4. The van der Waals surface area contributed by atoms with Gasteiger partial charge in [-0.05, 0) is 30.2 Å². The van der Waals surface area contributed by atoms with Crippen molar-refractivity contribution >= 4 is 22.0 Å². The fourth-order valence-corrected chi connectivity index (χ4v) is 2.04. The lowest BCUT2D eigenvalue weighted by Gasteiger charge is -2.20. The second-order valence-corrected chi connectivity index (χ2v) is 4.29. The lowest BCUT2D eigenvalue weighted by molar-refractivity contribution is 0.313. The van der Waals surface area contributed by atoms with E-state index in [0.717, 1.165) is 28.0 Å². The summed E-state index contributed by atoms with van der Waals surface area (Å²) in [4.78, 5) is 0. The normalized spacial score (nSPS) is 13.9. The first-order valence-electron chi connectivity index (χ1n) is 4.95. The SMILES string of the molecule is CCC1=Cc2c(Br)ccc(OC)c2OC1. The van der Waals surface area contributed by atoms with Crippen molar-refractivity contribution in [3.63, 3.8) is 0 Å². The van der Waals surface area contributed by atoms with Crippen LogP contribution < -0.4 is 9.47 Å². The van der Waals surface area contributed by atoms with Gasteiger partial charge in [-0.15, -0.1) is 0 Å². The molecule has 0 amide bonds. The van der Waals surface area contributed by atoms with Crippen LogP contribution in [-0.4, -0.2) is 13.7 Å². The van der Waals surface area contributed by atoms with E-state index in [2.05, 4.69) is 28.9 Å². The smallest absolute Gasteiger partial charge is 0.169 e. The third kappa shape index (κ3) is 1.88. The van der Waals surface area contributed by atoms with Crippen LogP contribution in [0.25, 0.3) is 6.08 Å². The molecule has 1 aliphatic heterocycles. The zero-order chi connectivity index (χ0) is 10.8. The highest BCUT2D eigenvalue weighted by atomic mass is 79.9. The Bertz CT molecular complexity index is 410.